The molecule has 0 N–H and O–H groups in total. The molecule has 2 aromatic rings. The zero-order valence-electron chi connectivity index (χ0n) is 13.1. The van der Waals surface area contributed by atoms with Crippen LogP contribution in [0.4, 0.5) is 0 Å². The number of rotatable bonds is 4. The van der Waals surface area contributed by atoms with Gasteiger partial charge in [-0.05, 0) is 28.7 Å². The van der Waals surface area contributed by atoms with Crippen LogP contribution in [0.15, 0.2) is 48.5 Å². The lowest BCUT2D eigenvalue weighted by atomic mass is 9.82. The molecular weight excluding hydrogens is 260 g/mol. The van der Waals surface area contributed by atoms with Gasteiger partial charge in [0.15, 0.2) is 5.78 Å². The highest BCUT2D eigenvalue weighted by atomic mass is 16.5. The first-order valence-corrected chi connectivity index (χ1v) is 7.17. The fourth-order valence-corrected chi connectivity index (χ4v) is 2.40. The molecule has 2 heteroatoms. The van der Waals surface area contributed by atoms with E-state index in [1.807, 2.05) is 48.5 Å². The van der Waals surface area contributed by atoms with E-state index in [1.165, 1.54) is 0 Å². The van der Waals surface area contributed by atoms with Crippen molar-refractivity contribution in [1.29, 1.82) is 0 Å². The van der Waals surface area contributed by atoms with Gasteiger partial charge in [-0.15, -0.1) is 0 Å². The summed E-state index contributed by atoms with van der Waals surface area (Å²) >= 11 is 0. The number of Topliss-reactive ketones (excluding diaryl/α,β-unsaturated/α-hetero) is 1. The summed E-state index contributed by atoms with van der Waals surface area (Å²) in [4.78, 5) is 12.6. The quantitative estimate of drug-likeness (QED) is 0.776. The Morgan fingerprint density at radius 2 is 1.62 bits per heavy atom. The van der Waals surface area contributed by atoms with Crippen LogP contribution in [0.1, 0.15) is 42.3 Å². The third-order valence-electron chi connectivity index (χ3n) is 3.56. The number of ketones is 1. The van der Waals surface area contributed by atoms with E-state index < -0.39 is 0 Å². The lowest BCUT2D eigenvalue weighted by Gasteiger charge is -2.22. The molecule has 0 spiro atoms. The van der Waals surface area contributed by atoms with Crippen molar-refractivity contribution in [3.05, 3.63) is 65.2 Å². The molecule has 0 aliphatic carbocycles. The van der Waals surface area contributed by atoms with Crippen LogP contribution in [-0.4, -0.2) is 12.9 Å². The van der Waals surface area contributed by atoms with E-state index in [1.54, 1.807) is 7.11 Å². The number of ether oxygens (including phenoxy) is 1. The second-order valence-corrected chi connectivity index (χ2v) is 6.24. The number of hydrogen-bond donors (Lipinski definition) is 0. The normalized spacial score (nSPS) is 11.2. The molecule has 0 atom stereocenters. The molecule has 21 heavy (non-hydrogen) atoms. The van der Waals surface area contributed by atoms with Crippen molar-refractivity contribution in [3.63, 3.8) is 0 Å². The highest BCUT2D eigenvalue weighted by Gasteiger charge is 2.21. The van der Waals surface area contributed by atoms with Crippen molar-refractivity contribution in [2.45, 2.75) is 32.6 Å². The van der Waals surface area contributed by atoms with Gasteiger partial charge in [0.1, 0.15) is 5.75 Å². The summed E-state index contributed by atoms with van der Waals surface area (Å²) in [6.45, 7) is 6.39. The fourth-order valence-electron chi connectivity index (χ4n) is 2.40. The first-order valence-electron chi connectivity index (χ1n) is 7.17. The Morgan fingerprint density at radius 1 is 1.00 bits per heavy atom. The van der Waals surface area contributed by atoms with E-state index in [2.05, 4.69) is 20.8 Å². The van der Waals surface area contributed by atoms with Gasteiger partial charge in [-0.25, -0.2) is 0 Å². The molecule has 0 aliphatic rings. The van der Waals surface area contributed by atoms with E-state index >= 15 is 0 Å². The Labute approximate surface area is 126 Å². The van der Waals surface area contributed by atoms with Crippen LogP contribution in [0.25, 0.3) is 0 Å². The Kier molecular flexibility index (Phi) is 4.46. The second kappa shape index (κ2) is 6.13. The van der Waals surface area contributed by atoms with E-state index in [0.29, 0.717) is 6.42 Å². The molecular formula is C19H22O2. The summed E-state index contributed by atoms with van der Waals surface area (Å²) in [5, 5.41) is 0. The molecule has 0 saturated carbocycles. The molecule has 0 radical (unpaired) electrons. The number of benzene rings is 2. The molecule has 2 aromatic carbocycles. The summed E-state index contributed by atoms with van der Waals surface area (Å²) in [5.74, 6) is 0.965. The molecule has 0 bridgehead atoms. The molecule has 0 fully saturated rings. The van der Waals surface area contributed by atoms with Crippen molar-refractivity contribution in [2.75, 3.05) is 7.11 Å². The summed E-state index contributed by atoms with van der Waals surface area (Å²) in [5.41, 5.74) is 2.89. The van der Waals surface area contributed by atoms with Gasteiger partial charge in [-0.1, -0.05) is 57.2 Å². The van der Waals surface area contributed by atoms with Crippen LogP contribution in [0.5, 0.6) is 5.75 Å². The van der Waals surface area contributed by atoms with Gasteiger partial charge in [-0.3, -0.25) is 4.79 Å². The summed E-state index contributed by atoms with van der Waals surface area (Å²) in [6.07, 6.45) is 0.414. The van der Waals surface area contributed by atoms with Gasteiger partial charge in [0.2, 0.25) is 0 Å². The number of carbonyl (C=O) groups excluding carboxylic acids is 1. The van der Waals surface area contributed by atoms with Gasteiger partial charge in [0, 0.05) is 12.0 Å². The maximum atomic E-state index is 12.6. The predicted octanol–water partition coefficient (Wildman–Crippen LogP) is 4.42. The average molecular weight is 282 g/mol. The SMILES string of the molecule is COc1ccc(CC(=O)c2ccccc2C(C)(C)C)cc1. The maximum Gasteiger partial charge on any atom is 0.167 e. The average Bonchev–Trinajstić information content (AvgIpc) is 2.47. The van der Waals surface area contributed by atoms with Crippen molar-refractivity contribution >= 4 is 5.78 Å². The van der Waals surface area contributed by atoms with E-state index in [-0.39, 0.29) is 11.2 Å². The smallest absolute Gasteiger partial charge is 0.167 e. The molecule has 0 amide bonds. The van der Waals surface area contributed by atoms with E-state index in [0.717, 1.165) is 22.4 Å². The van der Waals surface area contributed by atoms with Crippen LogP contribution < -0.4 is 4.74 Å². The van der Waals surface area contributed by atoms with Gasteiger partial charge in [-0.2, -0.15) is 0 Å². The zero-order valence-corrected chi connectivity index (χ0v) is 13.1. The Hall–Kier alpha value is -2.09. The number of hydrogen-bond acceptors (Lipinski definition) is 2. The molecule has 110 valence electrons. The zero-order chi connectivity index (χ0) is 15.5. The molecule has 2 rings (SSSR count). The van der Waals surface area contributed by atoms with E-state index in [4.69, 9.17) is 4.74 Å². The Balaban J connectivity index is 2.24. The number of carbonyl (C=O) groups is 1. The third kappa shape index (κ3) is 3.72. The topological polar surface area (TPSA) is 26.3 Å². The predicted molar refractivity (Wildman–Crippen MR) is 86.2 cm³/mol. The van der Waals surface area contributed by atoms with Gasteiger partial charge < -0.3 is 4.74 Å². The van der Waals surface area contributed by atoms with Gasteiger partial charge in [0.25, 0.3) is 0 Å². The Morgan fingerprint density at radius 3 is 2.19 bits per heavy atom. The summed E-state index contributed by atoms with van der Waals surface area (Å²) in [7, 11) is 1.64. The lowest BCUT2D eigenvalue weighted by molar-refractivity contribution is 0.0991. The minimum absolute atomic E-state index is 0.0356. The van der Waals surface area contributed by atoms with E-state index in [9.17, 15) is 4.79 Å². The summed E-state index contributed by atoms with van der Waals surface area (Å²) in [6, 6.07) is 15.5. The molecule has 0 aromatic heterocycles. The van der Waals surface area contributed by atoms with Gasteiger partial charge in [0.05, 0.1) is 7.11 Å². The molecule has 0 saturated heterocycles. The monoisotopic (exact) mass is 282 g/mol. The van der Waals surface area contributed by atoms with Gasteiger partial charge >= 0.3 is 0 Å². The van der Waals surface area contributed by atoms with Crippen molar-refractivity contribution in [3.8, 4) is 5.75 Å². The summed E-state index contributed by atoms with van der Waals surface area (Å²) < 4.78 is 5.14. The molecule has 0 heterocycles. The minimum Gasteiger partial charge on any atom is -0.497 e. The highest BCUT2D eigenvalue weighted by Crippen LogP contribution is 2.26. The van der Waals surface area contributed by atoms with Crippen LogP contribution in [0.2, 0.25) is 0 Å². The standard InChI is InChI=1S/C19H22O2/c1-19(2,3)17-8-6-5-7-16(17)18(20)13-14-9-11-15(21-4)12-10-14/h5-12H,13H2,1-4H3. The van der Waals surface area contributed by atoms with Crippen LogP contribution >= 0.6 is 0 Å². The first kappa shape index (κ1) is 15.3. The molecule has 2 nitrogen and oxygen atoms in total. The lowest BCUT2D eigenvalue weighted by Crippen LogP contribution is -2.17. The van der Waals surface area contributed by atoms with Crippen LogP contribution in [-0.2, 0) is 11.8 Å². The highest BCUT2D eigenvalue weighted by molar-refractivity contribution is 5.99. The Bertz CT molecular complexity index is 619. The fraction of sp³-hybridized carbons (Fsp3) is 0.316. The third-order valence-corrected chi connectivity index (χ3v) is 3.56. The van der Waals surface area contributed by atoms with Crippen molar-refractivity contribution in [2.24, 2.45) is 0 Å². The van der Waals surface area contributed by atoms with Crippen molar-refractivity contribution in [1.82, 2.24) is 0 Å². The second-order valence-electron chi connectivity index (χ2n) is 6.24. The van der Waals surface area contributed by atoms with Crippen LogP contribution in [0.3, 0.4) is 0 Å². The van der Waals surface area contributed by atoms with Crippen molar-refractivity contribution < 1.29 is 9.53 Å². The molecule has 0 aliphatic heterocycles. The largest absolute Gasteiger partial charge is 0.497 e. The first-order chi connectivity index (χ1) is 9.91. The molecule has 0 unspecified atom stereocenters. The maximum absolute atomic E-state index is 12.6. The van der Waals surface area contributed by atoms with Crippen LogP contribution in [0, 0.1) is 0 Å². The minimum atomic E-state index is -0.0356. The number of methoxy groups -OCH3 is 1.